The van der Waals surface area contributed by atoms with Gasteiger partial charge < -0.3 is 15.4 Å². The molecular formula is C32H28FN7O2. The van der Waals surface area contributed by atoms with Gasteiger partial charge in [0.05, 0.1) is 40.7 Å². The van der Waals surface area contributed by atoms with Crippen LogP contribution in [0, 0.1) is 11.7 Å². The van der Waals surface area contributed by atoms with Gasteiger partial charge in [-0.3, -0.25) is 24.8 Å². The van der Waals surface area contributed by atoms with Gasteiger partial charge in [-0.05, 0) is 55.2 Å². The Morgan fingerprint density at radius 1 is 0.929 bits per heavy atom. The minimum atomic E-state index is -0.541. The first-order chi connectivity index (χ1) is 20.5. The number of carbonyl (C=O) groups excluding carboxylic acids is 1. The third-order valence-corrected chi connectivity index (χ3v) is 7.92. The average Bonchev–Trinajstić information content (AvgIpc) is 3.61. The molecule has 1 aliphatic rings. The molecule has 0 aliphatic heterocycles. The number of aromatic hydroxyl groups is 1. The van der Waals surface area contributed by atoms with Crippen molar-refractivity contribution in [3.8, 4) is 39.7 Å². The van der Waals surface area contributed by atoms with Gasteiger partial charge in [-0.25, -0.2) is 4.39 Å². The number of benzene rings is 1. The highest BCUT2D eigenvalue weighted by atomic mass is 19.1. The van der Waals surface area contributed by atoms with Gasteiger partial charge in [-0.2, -0.15) is 5.10 Å². The number of hydrogen-bond donors (Lipinski definition) is 4. The van der Waals surface area contributed by atoms with Crippen molar-refractivity contribution in [2.24, 2.45) is 5.92 Å². The SMILES string of the molecule is O=C(CC1CCCCC1)Nc1cncc(-c2cc3c(-c4cc5c(-c6cc(O)cc(F)c6)nccc5[nH]4)n[nH]c3cn2)c1. The Hall–Kier alpha value is -5.12. The summed E-state index contributed by atoms with van der Waals surface area (Å²) in [5.74, 6) is -0.237. The predicted octanol–water partition coefficient (Wildman–Crippen LogP) is 6.98. The van der Waals surface area contributed by atoms with Gasteiger partial charge in [0.1, 0.15) is 17.3 Å². The molecule has 210 valence electrons. The van der Waals surface area contributed by atoms with Crippen LogP contribution in [0.1, 0.15) is 38.5 Å². The van der Waals surface area contributed by atoms with Gasteiger partial charge in [-0.15, -0.1) is 0 Å². The summed E-state index contributed by atoms with van der Waals surface area (Å²) in [5, 5.41) is 22.1. The van der Waals surface area contributed by atoms with E-state index in [1.807, 2.05) is 24.3 Å². The molecule has 0 spiro atoms. The number of aromatic nitrogens is 6. The van der Waals surface area contributed by atoms with Crippen LogP contribution in [0.2, 0.25) is 0 Å². The summed E-state index contributed by atoms with van der Waals surface area (Å²) >= 11 is 0. The van der Waals surface area contributed by atoms with Gasteiger partial charge in [-0.1, -0.05) is 19.3 Å². The fraction of sp³-hybridized carbons (Fsp3) is 0.219. The molecule has 1 amide bonds. The number of carbonyl (C=O) groups is 1. The number of phenolic OH excluding ortho intramolecular Hbond substituents is 1. The van der Waals surface area contributed by atoms with Crippen LogP contribution in [-0.2, 0) is 4.79 Å². The maximum absolute atomic E-state index is 14.0. The predicted molar refractivity (Wildman–Crippen MR) is 159 cm³/mol. The minimum absolute atomic E-state index is 0.0162. The Kier molecular flexibility index (Phi) is 6.58. The molecule has 5 aromatic heterocycles. The topological polar surface area (TPSA) is 132 Å². The largest absolute Gasteiger partial charge is 0.508 e. The van der Waals surface area contributed by atoms with Gasteiger partial charge in [0.2, 0.25) is 5.91 Å². The highest BCUT2D eigenvalue weighted by Crippen LogP contribution is 2.35. The van der Waals surface area contributed by atoms with E-state index < -0.39 is 5.82 Å². The fourth-order valence-corrected chi connectivity index (χ4v) is 5.92. The molecule has 7 rings (SSSR count). The van der Waals surface area contributed by atoms with Crippen LogP contribution in [0.5, 0.6) is 5.75 Å². The molecule has 1 saturated carbocycles. The van der Waals surface area contributed by atoms with Crippen molar-refractivity contribution in [2.75, 3.05) is 5.32 Å². The van der Waals surface area contributed by atoms with E-state index in [9.17, 15) is 14.3 Å². The first-order valence-corrected chi connectivity index (χ1v) is 14.1. The molecule has 1 aromatic carbocycles. The number of rotatable bonds is 6. The number of halogens is 1. The molecule has 1 fully saturated rings. The second-order valence-electron chi connectivity index (χ2n) is 10.9. The maximum Gasteiger partial charge on any atom is 0.224 e. The molecule has 1 aliphatic carbocycles. The molecule has 5 heterocycles. The van der Waals surface area contributed by atoms with Gasteiger partial charge >= 0.3 is 0 Å². The van der Waals surface area contributed by atoms with Crippen molar-refractivity contribution >= 4 is 33.4 Å². The van der Waals surface area contributed by atoms with E-state index in [0.29, 0.717) is 40.7 Å². The summed E-state index contributed by atoms with van der Waals surface area (Å²) in [7, 11) is 0. The monoisotopic (exact) mass is 561 g/mol. The Balaban J connectivity index is 1.20. The first kappa shape index (κ1) is 25.8. The number of H-pyrrole nitrogens is 2. The Morgan fingerprint density at radius 2 is 1.79 bits per heavy atom. The number of nitrogens with zero attached hydrogens (tertiary/aromatic N) is 4. The van der Waals surface area contributed by atoms with Crippen molar-refractivity contribution in [1.29, 1.82) is 0 Å². The summed E-state index contributed by atoms with van der Waals surface area (Å²) in [6, 6.07) is 11.5. The van der Waals surface area contributed by atoms with Crippen molar-refractivity contribution in [2.45, 2.75) is 38.5 Å². The fourth-order valence-electron chi connectivity index (χ4n) is 5.92. The maximum atomic E-state index is 14.0. The molecule has 0 saturated heterocycles. The van der Waals surface area contributed by atoms with Crippen molar-refractivity contribution < 1.29 is 14.3 Å². The van der Waals surface area contributed by atoms with Crippen LogP contribution in [0.3, 0.4) is 0 Å². The third kappa shape index (κ3) is 5.07. The van der Waals surface area contributed by atoms with Gasteiger partial charge in [0, 0.05) is 52.3 Å². The Bertz CT molecular complexity index is 1920. The van der Waals surface area contributed by atoms with Gasteiger partial charge in [0.25, 0.3) is 0 Å². The second-order valence-corrected chi connectivity index (χ2v) is 10.9. The lowest BCUT2D eigenvalue weighted by atomic mass is 9.87. The standard InChI is InChI=1S/C32H28FN7O2/c33-21-9-19(11-23(41)12-21)31-24-14-28(38-26(24)6-7-35-31)32-25-13-27(36-17-29(25)39-40-32)20-10-22(16-34-15-20)37-30(42)8-18-4-2-1-3-5-18/h6-7,9-18,38,41H,1-5,8H2,(H,37,42)(H,39,40). The molecule has 42 heavy (non-hydrogen) atoms. The molecule has 4 N–H and O–H groups in total. The quantitative estimate of drug-likeness (QED) is 0.173. The lowest BCUT2D eigenvalue weighted by Gasteiger charge is -2.20. The summed E-state index contributed by atoms with van der Waals surface area (Å²) in [4.78, 5) is 29.5. The Morgan fingerprint density at radius 3 is 2.64 bits per heavy atom. The first-order valence-electron chi connectivity index (χ1n) is 14.1. The smallest absolute Gasteiger partial charge is 0.224 e. The molecule has 6 aromatic rings. The van der Waals surface area contributed by atoms with E-state index >= 15 is 0 Å². The Labute approximate surface area is 240 Å². The van der Waals surface area contributed by atoms with E-state index in [2.05, 4.69) is 35.5 Å². The zero-order valence-electron chi connectivity index (χ0n) is 22.7. The summed E-state index contributed by atoms with van der Waals surface area (Å²) in [6.07, 6.45) is 13.2. The number of anilines is 1. The van der Waals surface area contributed by atoms with Crippen LogP contribution in [0.15, 0.2) is 67.3 Å². The van der Waals surface area contributed by atoms with Gasteiger partial charge in [0.15, 0.2) is 0 Å². The summed E-state index contributed by atoms with van der Waals surface area (Å²) < 4.78 is 14.0. The molecule has 0 unspecified atom stereocenters. The van der Waals surface area contributed by atoms with Crippen molar-refractivity contribution in [1.82, 2.24) is 30.1 Å². The molecule has 0 atom stereocenters. The zero-order chi connectivity index (χ0) is 28.6. The molecular weight excluding hydrogens is 533 g/mol. The summed E-state index contributed by atoms with van der Waals surface area (Å²) in [5.41, 5.74) is 6.09. The van der Waals surface area contributed by atoms with E-state index in [4.69, 9.17) is 0 Å². The molecule has 0 bridgehead atoms. The zero-order valence-corrected chi connectivity index (χ0v) is 22.7. The van der Waals surface area contributed by atoms with Crippen molar-refractivity contribution in [3.05, 3.63) is 73.1 Å². The van der Waals surface area contributed by atoms with Crippen LogP contribution < -0.4 is 5.32 Å². The lowest BCUT2D eigenvalue weighted by Crippen LogP contribution is -2.18. The highest BCUT2D eigenvalue weighted by Gasteiger charge is 2.18. The van der Waals surface area contributed by atoms with Crippen LogP contribution in [0.25, 0.3) is 55.7 Å². The van der Waals surface area contributed by atoms with E-state index in [1.54, 1.807) is 24.8 Å². The molecule has 0 radical (unpaired) electrons. The highest BCUT2D eigenvalue weighted by molar-refractivity contribution is 6.00. The normalized spacial score (nSPS) is 14.0. The minimum Gasteiger partial charge on any atom is -0.508 e. The second kappa shape index (κ2) is 10.7. The average molecular weight is 562 g/mol. The van der Waals surface area contributed by atoms with E-state index in [0.717, 1.165) is 52.0 Å². The van der Waals surface area contributed by atoms with Crippen LogP contribution >= 0.6 is 0 Å². The van der Waals surface area contributed by atoms with Crippen LogP contribution in [0.4, 0.5) is 10.1 Å². The molecule has 9 nitrogen and oxygen atoms in total. The number of fused-ring (bicyclic) bond motifs is 2. The number of hydrogen-bond acceptors (Lipinski definition) is 6. The number of pyridine rings is 3. The number of aromatic amines is 2. The number of nitrogens with one attached hydrogen (secondary N) is 3. The lowest BCUT2D eigenvalue weighted by molar-refractivity contribution is -0.117. The number of phenols is 1. The molecule has 10 heteroatoms. The van der Waals surface area contributed by atoms with E-state index in [1.165, 1.54) is 31.4 Å². The third-order valence-electron chi connectivity index (χ3n) is 7.92. The van der Waals surface area contributed by atoms with E-state index in [-0.39, 0.29) is 11.7 Å². The summed E-state index contributed by atoms with van der Waals surface area (Å²) in [6.45, 7) is 0. The number of amides is 1. The van der Waals surface area contributed by atoms with Crippen LogP contribution in [-0.4, -0.2) is 41.1 Å². The van der Waals surface area contributed by atoms with Crippen molar-refractivity contribution in [3.63, 3.8) is 0 Å².